The van der Waals surface area contributed by atoms with Crippen LogP contribution < -0.4 is 0 Å². The van der Waals surface area contributed by atoms with Crippen molar-refractivity contribution >= 4 is 22.6 Å². The van der Waals surface area contributed by atoms with E-state index < -0.39 is 47.2 Å². The highest BCUT2D eigenvalue weighted by atomic mass is 28.4. The Morgan fingerprint density at radius 3 is 1.97 bits per heavy atom. The molecule has 1 aliphatic heterocycles. The van der Waals surface area contributed by atoms with Crippen LogP contribution >= 0.6 is 0 Å². The summed E-state index contributed by atoms with van der Waals surface area (Å²) in [5.74, 6) is -0.603. The van der Waals surface area contributed by atoms with Crippen LogP contribution in [0, 0.1) is 0 Å². The Kier molecular flexibility index (Phi) is 8.89. The molecule has 0 aliphatic carbocycles. The third kappa shape index (κ3) is 6.81. The maximum absolute atomic E-state index is 15.2. The lowest BCUT2D eigenvalue weighted by atomic mass is 10.1. The molecule has 1 saturated heterocycles. The molecule has 0 saturated carbocycles. The quantitative estimate of drug-likeness (QED) is 0.220. The van der Waals surface area contributed by atoms with Crippen molar-refractivity contribution in [3.8, 4) is 0 Å². The van der Waals surface area contributed by atoms with E-state index >= 15 is 4.39 Å². The number of hydrogen-bond donors (Lipinski definition) is 0. The maximum atomic E-state index is 15.2. The number of rotatable bonds is 8. The van der Waals surface area contributed by atoms with Crippen molar-refractivity contribution in [1.29, 1.82) is 0 Å². The third-order valence-electron chi connectivity index (χ3n) is 6.46. The zero-order chi connectivity index (χ0) is 23.7. The predicted octanol–water partition coefficient (Wildman–Crippen LogP) is 4.80. The smallest absolute Gasteiger partial charge is 0.305 e. The van der Waals surface area contributed by atoms with Gasteiger partial charge in [-0.15, -0.1) is 0 Å². The van der Waals surface area contributed by atoms with Gasteiger partial charge in [0.2, 0.25) is 22.9 Å². The number of nitrogens with zero attached hydrogens (tertiary/aromatic N) is 1. The highest BCUT2D eigenvalue weighted by Gasteiger charge is 2.52. The van der Waals surface area contributed by atoms with Gasteiger partial charge in [-0.1, -0.05) is 41.5 Å². The van der Waals surface area contributed by atoms with Crippen LogP contribution in [0.4, 0.5) is 4.39 Å². The number of ether oxygens (including phenoxy) is 2. The number of hydrogen-bond acceptors (Lipinski definition) is 7. The van der Waals surface area contributed by atoms with Crippen molar-refractivity contribution < 1.29 is 32.6 Å². The van der Waals surface area contributed by atoms with Gasteiger partial charge in [-0.25, -0.2) is 9.28 Å². The molecule has 1 fully saturated rings. The minimum Gasteiger partial charge on any atom is -0.433 e. The summed E-state index contributed by atoms with van der Waals surface area (Å²) in [5, 5.41) is 1.43. The fraction of sp³-hybridized carbons (Fsp3) is 0.950. The van der Waals surface area contributed by atoms with Crippen molar-refractivity contribution in [2.45, 2.75) is 109 Å². The van der Waals surface area contributed by atoms with Crippen LogP contribution in [0.3, 0.4) is 0 Å². The molecule has 0 amide bonds. The van der Waals surface area contributed by atoms with E-state index in [2.05, 4.69) is 67.7 Å². The van der Waals surface area contributed by atoms with E-state index in [-0.39, 0.29) is 16.7 Å². The van der Waals surface area contributed by atoms with Crippen LogP contribution in [0.2, 0.25) is 36.3 Å². The summed E-state index contributed by atoms with van der Waals surface area (Å²) >= 11 is 0. The van der Waals surface area contributed by atoms with Crippen LogP contribution in [0.25, 0.3) is 0 Å². The van der Waals surface area contributed by atoms with E-state index in [1.54, 1.807) is 7.05 Å². The summed E-state index contributed by atoms with van der Waals surface area (Å²) in [6.45, 7) is 22.2. The molecule has 1 unspecified atom stereocenters. The van der Waals surface area contributed by atoms with Crippen LogP contribution in [0.15, 0.2) is 0 Å². The van der Waals surface area contributed by atoms with E-state index in [0.29, 0.717) is 0 Å². The number of carbonyl (C=O) groups excluding carboxylic acids is 1. The Bertz CT molecular complexity index is 591. The number of likely N-dealkylation sites (N-methyl/N-ethyl adjacent to an activating group) is 1. The van der Waals surface area contributed by atoms with E-state index in [1.807, 2.05) is 0 Å². The monoisotopic (exact) mass is 467 g/mol. The van der Waals surface area contributed by atoms with Gasteiger partial charge in [0.05, 0.1) is 6.04 Å². The van der Waals surface area contributed by atoms with Crippen molar-refractivity contribution in [2.24, 2.45) is 0 Å². The van der Waals surface area contributed by atoms with Crippen molar-refractivity contribution in [3.63, 3.8) is 0 Å². The number of esters is 1. The fourth-order valence-electron chi connectivity index (χ4n) is 2.45. The first-order valence-electron chi connectivity index (χ1n) is 10.5. The highest BCUT2D eigenvalue weighted by molar-refractivity contribution is 6.74. The topological polar surface area (TPSA) is 66.5 Å². The van der Waals surface area contributed by atoms with Gasteiger partial charge in [-0.3, -0.25) is 9.37 Å². The second-order valence-corrected chi connectivity index (χ2v) is 20.5. The molecule has 0 aromatic rings. The largest absolute Gasteiger partial charge is 0.433 e. The Hall–Kier alpha value is -0.366. The maximum Gasteiger partial charge on any atom is 0.305 e. The molecule has 1 rings (SSSR count). The Labute approximate surface area is 183 Å². The van der Waals surface area contributed by atoms with E-state index in [9.17, 15) is 4.79 Å². The summed E-state index contributed by atoms with van der Waals surface area (Å²) < 4.78 is 38.0. The Balaban J connectivity index is 2.96. The van der Waals surface area contributed by atoms with Gasteiger partial charge in [0.15, 0.2) is 6.17 Å². The molecular weight excluding hydrogens is 425 g/mol. The van der Waals surface area contributed by atoms with Gasteiger partial charge in [0.25, 0.3) is 0 Å². The molecule has 30 heavy (non-hydrogen) atoms. The first-order valence-corrected chi connectivity index (χ1v) is 16.3. The van der Waals surface area contributed by atoms with Crippen molar-refractivity contribution in [1.82, 2.24) is 5.06 Å². The van der Waals surface area contributed by atoms with E-state index in [1.165, 1.54) is 12.0 Å². The lowest BCUT2D eigenvalue weighted by Crippen LogP contribution is -2.53. The van der Waals surface area contributed by atoms with Crippen LogP contribution in [0.1, 0.15) is 48.5 Å². The molecule has 10 heteroatoms. The second kappa shape index (κ2) is 9.64. The SMILES string of the molecule is CC(=O)OC1O[C@H](COO[Si](C)(C)C(C)(C)C)[C@@H](N(C)O[Si](C)(C)C(C)(C)C)[C@@H]1F. The molecular formula is C20H42FNO6Si2. The lowest BCUT2D eigenvalue weighted by Gasteiger charge is -2.41. The standard InChI is InChI=1S/C20H42FNO6Si2/c1-14(23)25-18-16(21)17(22(8)27-29(9,10)19(2,3)4)15(26-18)13-24-28-30(11,12)20(5,6)7/h15-18H,13H2,1-12H3/t15-,16+,17-,18?/m1/s1. The van der Waals surface area contributed by atoms with Gasteiger partial charge in [-0.2, -0.15) is 5.06 Å². The van der Waals surface area contributed by atoms with Gasteiger partial charge in [0, 0.05) is 14.0 Å². The zero-order valence-corrected chi connectivity index (χ0v) is 22.8. The fourth-order valence-corrected chi connectivity index (χ4v) is 4.18. The van der Waals surface area contributed by atoms with Gasteiger partial charge >= 0.3 is 5.97 Å². The highest BCUT2D eigenvalue weighted by Crippen LogP contribution is 2.39. The molecule has 0 radical (unpaired) electrons. The van der Waals surface area contributed by atoms with Gasteiger partial charge < -0.3 is 14.0 Å². The molecule has 1 heterocycles. The van der Waals surface area contributed by atoms with E-state index in [0.717, 1.165) is 0 Å². The summed E-state index contributed by atoms with van der Waals surface area (Å²) in [7, 11) is -2.65. The first-order chi connectivity index (χ1) is 13.3. The minimum atomic E-state index is -2.20. The molecule has 7 nitrogen and oxygen atoms in total. The summed E-state index contributed by atoms with van der Waals surface area (Å²) in [5.41, 5.74) is 0. The summed E-state index contributed by atoms with van der Waals surface area (Å²) in [6.07, 6.45) is -3.60. The van der Waals surface area contributed by atoms with Crippen molar-refractivity contribution in [3.05, 3.63) is 0 Å². The van der Waals surface area contributed by atoms with E-state index in [4.69, 9.17) is 23.5 Å². The van der Waals surface area contributed by atoms with Gasteiger partial charge in [0.1, 0.15) is 12.7 Å². The Morgan fingerprint density at radius 1 is 1.03 bits per heavy atom. The van der Waals surface area contributed by atoms with Crippen molar-refractivity contribution in [2.75, 3.05) is 13.7 Å². The average Bonchev–Trinajstić information content (AvgIpc) is 2.79. The number of halogens is 1. The number of hydroxylamine groups is 2. The number of carbonyl (C=O) groups is 1. The molecule has 1 aliphatic rings. The number of alkyl halides is 1. The third-order valence-corrected chi connectivity index (χ3v) is 15.0. The zero-order valence-electron chi connectivity index (χ0n) is 20.8. The second-order valence-electron chi connectivity index (χ2n) is 11.1. The molecule has 0 aromatic heterocycles. The molecule has 4 atom stereocenters. The summed E-state index contributed by atoms with van der Waals surface area (Å²) in [6, 6.07) is -0.800. The van der Waals surface area contributed by atoms with Crippen LogP contribution in [0.5, 0.6) is 0 Å². The van der Waals surface area contributed by atoms with Crippen LogP contribution in [-0.2, 0) is 28.3 Å². The van der Waals surface area contributed by atoms with Crippen LogP contribution in [-0.4, -0.2) is 65.9 Å². The molecule has 178 valence electrons. The lowest BCUT2D eigenvalue weighted by molar-refractivity contribution is -0.253. The molecule has 0 bridgehead atoms. The minimum absolute atomic E-state index is 0.000559. The predicted molar refractivity (Wildman–Crippen MR) is 119 cm³/mol. The van der Waals surface area contributed by atoms with Gasteiger partial charge in [-0.05, 0) is 36.3 Å². The Morgan fingerprint density at radius 2 is 1.53 bits per heavy atom. The molecule has 0 spiro atoms. The normalized spacial score (nSPS) is 26.3. The first kappa shape index (κ1) is 27.7. The molecule has 0 N–H and O–H groups in total. The summed E-state index contributed by atoms with van der Waals surface area (Å²) in [4.78, 5) is 16.9. The average molecular weight is 468 g/mol. The molecule has 0 aromatic carbocycles.